The number of H-pyrrole nitrogens is 1. The van der Waals surface area contributed by atoms with Crippen LogP contribution in [0.2, 0.25) is 0 Å². The van der Waals surface area contributed by atoms with E-state index in [4.69, 9.17) is 0 Å². The minimum Gasteiger partial charge on any atom is -0.604 e. The van der Waals surface area contributed by atoms with Crippen molar-refractivity contribution in [2.75, 3.05) is 11.9 Å². The van der Waals surface area contributed by atoms with Crippen LogP contribution in [-0.4, -0.2) is 27.6 Å². The van der Waals surface area contributed by atoms with E-state index in [0.29, 0.717) is 11.2 Å². The summed E-state index contributed by atoms with van der Waals surface area (Å²) in [4.78, 5) is 10.9. The van der Waals surface area contributed by atoms with Crippen molar-refractivity contribution in [3.05, 3.63) is 47.5 Å². The Balaban J connectivity index is 1.82. The average Bonchev–Trinajstić information content (AvgIpc) is 3.03. The summed E-state index contributed by atoms with van der Waals surface area (Å²) in [6.45, 7) is 4.25. The van der Waals surface area contributed by atoms with Crippen LogP contribution >= 0.6 is 0 Å². The molecule has 4 nitrogen and oxygen atoms in total. The van der Waals surface area contributed by atoms with E-state index in [2.05, 4.69) is 34.9 Å². The molecule has 0 saturated heterocycles. The lowest BCUT2D eigenvalue weighted by Gasteiger charge is -2.34. The van der Waals surface area contributed by atoms with E-state index >= 15 is 0 Å². The number of fused-ring (bicyclic) bond motifs is 2. The Morgan fingerprint density at radius 1 is 1.25 bits per heavy atom. The maximum atomic E-state index is 13.2. The number of hydrogen-bond donors (Lipinski definition) is 1. The molecule has 0 aliphatic carbocycles. The highest BCUT2D eigenvalue weighted by atomic mass is 32.2. The number of rotatable bonds is 2. The highest BCUT2D eigenvalue weighted by molar-refractivity contribution is 7.91. The summed E-state index contributed by atoms with van der Waals surface area (Å²) < 4.78 is 13.2. The molecular weight excluding hydrogens is 318 g/mol. The third-order valence-corrected chi connectivity index (χ3v) is 6.28. The Labute approximate surface area is 145 Å². The second kappa shape index (κ2) is 5.83. The van der Waals surface area contributed by atoms with Crippen molar-refractivity contribution >= 4 is 27.9 Å². The minimum atomic E-state index is -1.32. The van der Waals surface area contributed by atoms with E-state index in [9.17, 15) is 4.55 Å². The molecule has 1 aromatic heterocycles. The number of aromatic amines is 1. The van der Waals surface area contributed by atoms with Crippen molar-refractivity contribution < 1.29 is 4.55 Å². The van der Waals surface area contributed by atoms with Gasteiger partial charge < -0.3 is 9.45 Å². The van der Waals surface area contributed by atoms with Crippen LogP contribution in [0.3, 0.4) is 0 Å². The molecule has 2 atom stereocenters. The molecule has 0 fully saturated rings. The molecule has 1 aliphatic rings. The van der Waals surface area contributed by atoms with Crippen LogP contribution in [-0.2, 0) is 17.6 Å². The maximum Gasteiger partial charge on any atom is 0.327 e. The quantitative estimate of drug-likeness (QED) is 0.722. The molecule has 1 N–H and O–H groups in total. The third kappa shape index (κ3) is 2.39. The Bertz CT molecular complexity index is 905. The van der Waals surface area contributed by atoms with Gasteiger partial charge in [0.05, 0.1) is 27.9 Å². The van der Waals surface area contributed by atoms with Gasteiger partial charge in [-0.25, -0.2) is 0 Å². The molecule has 0 spiro atoms. The molecule has 124 valence electrons. The SMILES string of the molecule is Cc1cccc2nc([S+]([O-])c3cccc4c3N(C)C(C)CC4)[nH]c12. The predicted molar refractivity (Wildman–Crippen MR) is 98.1 cm³/mol. The van der Waals surface area contributed by atoms with Gasteiger partial charge in [-0.3, -0.25) is 4.98 Å². The second-order valence-corrected chi connectivity index (χ2v) is 7.91. The Morgan fingerprint density at radius 2 is 2.04 bits per heavy atom. The molecule has 2 unspecified atom stereocenters. The zero-order chi connectivity index (χ0) is 16.8. The monoisotopic (exact) mass is 339 g/mol. The summed E-state index contributed by atoms with van der Waals surface area (Å²) in [6, 6.07) is 12.5. The minimum absolute atomic E-state index is 0.452. The largest absolute Gasteiger partial charge is 0.604 e. The Kier molecular flexibility index (Phi) is 3.77. The summed E-state index contributed by atoms with van der Waals surface area (Å²) in [7, 11) is 2.09. The van der Waals surface area contributed by atoms with E-state index in [1.807, 2.05) is 37.3 Å². The zero-order valence-electron chi connectivity index (χ0n) is 14.2. The van der Waals surface area contributed by atoms with Crippen molar-refractivity contribution in [3.8, 4) is 0 Å². The lowest BCUT2D eigenvalue weighted by atomic mass is 9.97. The average molecular weight is 339 g/mol. The molecule has 1 aliphatic heterocycles. The highest BCUT2D eigenvalue weighted by Gasteiger charge is 2.30. The van der Waals surface area contributed by atoms with Crippen LogP contribution in [0.5, 0.6) is 0 Å². The van der Waals surface area contributed by atoms with E-state index in [0.717, 1.165) is 40.0 Å². The molecule has 0 saturated carbocycles. The fourth-order valence-corrected chi connectivity index (χ4v) is 4.68. The standard InChI is InChI=1S/C19H21N3OS/c1-12-6-4-8-15-17(12)21-19(20-15)24(23)16-9-5-7-14-11-10-13(2)22(3)18(14)16/h4-9,13H,10-11H2,1-3H3,(H,20,21). The molecular formula is C19H21N3OS. The first-order chi connectivity index (χ1) is 11.6. The number of anilines is 1. The van der Waals surface area contributed by atoms with Gasteiger partial charge in [-0.1, -0.05) is 24.3 Å². The van der Waals surface area contributed by atoms with Gasteiger partial charge in [-0.2, -0.15) is 4.98 Å². The normalized spacial score (nSPS) is 18.7. The first-order valence-electron chi connectivity index (χ1n) is 8.28. The van der Waals surface area contributed by atoms with E-state index in [1.54, 1.807) is 0 Å². The van der Waals surface area contributed by atoms with Gasteiger partial charge in [0.2, 0.25) is 0 Å². The molecule has 5 heteroatoms. The number of para-hydroxylation sites is 2. The van der Waals surface area contributed by atoms with Crippen LogP contribution in [0.15, 0.2) is 46.5 Å². The van der Waals surface area contributed by atoms with Crippen molar-refractivity contribution in [2.24, 2.45) is 0 Å². The molecule has 4 rings (SSSR count). The topological polar surface area (TPSA) is 55.0 Å². The summed E-state index contributed by atoms with van der Waals surface area (Å²) in [5, 5.41) is 0.527. The van der Waals surface area contributed by atoms with Gasteiger partial charge in [-0.05, 0) is 49.9 Å². The molecule has 0 bridgehead atoms. The van der Waals surface area contributed by atoms with Crippen LogP contribution in [0.4, 0.5) is 5.69 Å². The molecule has 2 aromatic carbocycles. The van der Waals surface area contributed by atoms with Gasteiger partial charge in [0, 0.05) is 13.1 Å². The van der Waals surface area contributed by atoms with Gasteiger partial charge in [-0.15, -0.1) is 0 Å². The molecule has 2 heterocycles. The van der Waals surface area contributed by atoms with Crippen LogP contribution in [0, 0.1) is 6.92 Å². The maximum absolute atomic E-state index is 13.2. The first kappa shape index (κ1) is 15.5. The molecule has 0 radical (unpaired) electrons. The first-order valence-corrected chi connectivity index (χ1v) is 9.43. The summed E-state index contributed by atoms with van der Waals surface area (Å²) in [6.07, 6.45) is 2.16. The number of nitrogens with zero attached hydrogens (tertiary/aromatic N) is 2. The summed E-state index contributed by atoms with van der Waals surface area (Å²) in [5.74, 6) is 0. The van der Waals surface area contributed by atoms with E-state index in [-0.39, 0.29) is 0 Å². The Morgan fingerprint density at radius 3 is 2.83 bits per heavy atom. The number of hydrogen-bond acceptors (Lipinski definition) is 3. The van der Waals surface area contributed by atoms with Gasteiger partial charge in [0.1, 0.15) is 0 Å². The van der Waals surface area contributed by atoms with Crippen molar-refractivity contribution in [3.63, 3.8) is 0 Å². The fraction of sp³-hybridized carbons (Fsp3) is 0.316. The Hall–Kier alpha value is -1.98. The lowest BCUT2D eigenvalue weighted by Crippen LogP contribution is -2.34. The van der Waals surface area contributed by atoms with Gasteiger partial charge >= 0.3 is 5.16 Å². The van der Waals surface area contributed by atoms with Crippen LogP contribution in [0.25, 0.3) is 11.0 Å². The third-order valence-electron chi connectivity index (χ3n) is 5.01. The lowest BCUT2D eigenvalue weighted by molar-refractivity contribution is 0.576. The van der Waals surface area contributed by atoms with Gasteiger partial charge in [0.25, 0.3) is 0 Å². The zero-order valence-corrected chi connectivity index (χ0v) is 15.0. The van der Waals surface area contributed by atoms with E-state index < -0.39 is 11.2 Å². The number of nitrogens with one attached hydrogen (secondary N) is 1. The van der Waals surface area contributed by atoms with Gasteiger partial charge in [0.15, 0.2) is 4.90 Å². The predicted octanol–water partition coefficient (Wildman–Crippen LogP) is 3.81. The second-order valence-electron chi connectivity index (χ2n) is 6.54. The molecule has 3 aromatic rings. The number of aryl methyl sites for hydroxylation is 2. The van der Waals surface area contributed by atoms with Crippen molar-refractivity contribution in [1.29, 1.82) is 0 Å². The summed E-state index contributed by atoms with van der Waals surface area (Å²) >= 11 is -1.32. The van der Waals surface area contributed by atoms with E-state index in [1.165, 1.54) is 5.56 Å². The number of benzene rings is 2. The fourth-order valence-electron chi connectivity index (χ4n) is 3.44. The van der Waals surface area contributed by atoms with Crippen molar-refractivity contribution in [2.45, 2.75) is 42.8 Å². The summed E-state index contributed by atoms with van der Waals surface area (Å²) in [5.41, 5.74) is 5.32. The number of aromatic nitrogens is 2. The van der Waals surface area contributed by atoms with Crippen LogP contribution in [0.1, 0.15) is 24.5 Å². The molecule has 0 amide bonds. The highest BCUT2D eigenvalue weighted by Crippen LogP contribution is 2.37. The van der Waals surface area contributed by atoms with Crippen molar-refractivity contribution in [1.82, 2.24) is 9.97 Å². The smallest absolute Gasteiger partial charge is 0.327 e. The number of imidazole rings is 1. The molecule has 24 heavy (non-hydrogen) atoms. The van der Waals surface area contributed by atoms with Crippen LogP contribution < -0.4 is 4.90 Å².